The minimum atomic E-state index is 0.581. The van der Waals surface area contributed by atoms with Gasteiger partial charge in [0.25, 0.3) is 0 Å². The number of imidazole rings is 1. The zero-order valence-corrected chi connectivity index (χ0v) is 9.13. The topological polar surface area (TPSA) is 26.5 Å². The van der Waals surface area contributed by atoms with Crippen molar-refractivity contribution in [2.24, 2.45) is 0 Å². The van der Waals surface area contributed by atoms with Crippen molar-refractivity contribution in [1.29, 1.82) is 0 Å². The summed E-state index contributed by atoms with van der Waals surface area (Å²) in [5.41, 5.74) is 4.22. The van der Waals surface area contributed by atoms with Gasteiger partial charge in [-0.2, -0.15) is 0 Å². The monoisotopic (exact) mass is 222 g/mol. The van der Waals surface area contributed by atoms with Crippen molar-refractivity contribution >= 4 is 5.65 Å². The smallest absolute Gasteiger partial charge is 0.137 e. The molecule has 3 heterocycles. The third-order valence-electron chi connectivity index (χ3n) is 3.14. The van der Waals surface area contributed by atoms with Crippen LogP contribution >= 0.6 is 0 Å². The highest BCUT2D eigenvalue weighted by Gasteiger charge is 2.21. The number of pyridine rings is 1. The van der Waals surface area contributed by atoms with Crippen LogP contribution in [0.2, 0.25) is 0 Å². The van der Waals surface area contributed by atoms with Crippen molar-refractivity contribution < 1.29 is 4.74 Å². The summed E-state index contributed by atoms with van der Waals surface area (Å²) in [6.07, 6.45) is 2.03. The molecule has 2 aromatic heterocycles. The fourth-order valence-electron chi connectivity index (χ4n) is 2.33. The van der Waals surface area contributed by atoms with E-state index >= 15 is 0 Å². The van der Waals surface area contributed by atoms with E-state index in [0.29, 0.717) is 6.61 Å². The maximum absolute atomic E-state index is 5.76. The minimum Gasteiger partial charge on any atom is -0.487 e. The standard InChI is InChI=1S/C14H10N2O/c1-2-6-12-10(5-1)14-11(9-17-12)16-8-4-3-7-13(16)15-14/h1-8H,9H2. The number of hydrogen-bond donors (Lipinski definition) is 0. The summed E-state index contributed by atoms with van der Waals surface area (Å²) in [5.74, 6) is 0.920. The van der Waals surface area contributed by atoms with Crippen molar-refractivity contribution in [2.45, 2.75) is 6.61 Å². The molecule has 82 valence electrons. The van der Waals surface area contributed by atoms with Gasteiger partial charge in [0.2, 0.25) is 0 Å². The van der Waals surface area contributed by atoms with E-state index < -0.39 is 0 Å². The van der Waals surface area contributed by atoms with Gasteiger partial charge >= 0.3 is 0 Å². The van der Waals surface area contributed by atoms with E-state index in [2.05, 4.69) is 15.5 Å². The van der Waals surface area contributed by atoms with E-state index in [1.165, 1.54) is 0 Å². The van der Waals surface area contributed by atoms with Crippen molar-refractivity contribution in [2.75, 3.05) is 0 Å². The normalized spacial score (nSPS) is 12.9. The van der Waals surface area contributed by atoms with Gasteiger partial charge in [-0.25, -0.2) is 4.98 Å². The molecule has 3 nitrogen and oxygen atoms in total. The van der Waals surface area contributed by atoms with Gasteiger partial charge in [0.05, 0.1) is 11.4 Å². The van der Waals surface area contributed by atoms with E-state index in [-0.39, 0.29) is 0 Å². The number of nitrogens with zero attached hydrogens (tertiary/aromatic N) is 2. The largest absolute Gasteiger partial charge is 0.487 e. The number of rotatable bonds is 0. The Morgan fingerprint density at radius 1 is 1.06 bits per heavy atom. The summed E-state index contributed by atoms with van der Waals surface area (Å²) in [6.45, 7) is 0.581. The van der Waals surface area contributed by atoms with Crippen LogP contribution in [0.15, 0.2) is 48.7 Å². The molecular weight excluding hydrogens is 212 g/mol. The Morgan fingerprint density at radius 3 is 2.94 bits per heavy atom. The molecule has 0 N–H and O–H groups in total. The molecule has 4 rings (SSSR count). The highest BCUT2D eigenvalue weighted by Crippen LogP contribution is 2.36. The number of hydrogen-bond acceptors (Lipinski definition) is 2. The number of aromatic nitrogens is 2. The van der Waals surface area contributed by atoms with Crippen LogP contribution in [0, 0.1) is 0 Å². The number of para-hydroxylation sites is 1. The predicted molar refractivity (Wildman–Crippen MR) is 65.0 cm³/mol. The average molecular weight is 222 g/mol. The lowest BCUT2D eigenvalue weighted by atomic mass is 10.1. The fraction of sp³-hybridized carbons (Fsp3) is 0.0714. The Hall–Kier alpha value is -2.29. The maximum Gasteiger partial charge on any atom is 0.137 e. The van der Waals surface area contributed by atoms with Crippen LogP contribution in [0.1, 0.15) is 5.69 Å². The molecule has 0 spiro atoms. The summed E-state index contributed by atoms with van der Waals surface area (Å²) in [7, 11) is 0. The van der Waals surface area contributed by atoms with Crippen LogP contribution in [0.5, 0.6) is 5.75 Å². The van der Waals surface area contributed by atoms with Crippen molar-refractivity contribution in [3.63, 3.8) is 0 Å². The Morgan fingerprint density at radius 2 is 1.94 bits per heavy atom. The van der Waals surface area contributed by atoms with Crippen LogP contribution < -0.4 is 4.74 Å². The highest BCUT2D eigenvalue weighted by atomic mass is 16.5. The Labute approximate surface area is 98.3 Å². The first-order valence-corrected chi connectivity index (χ1v) is 5.62. The van der Waals surface area contributed by atoms with Crippen LogP contribution in [-0.2, 0) is 6.61 Å². The lowest BCUT2D eigenvalue weighted by molar-refractivity contribution is 0.296. The van der Waals surface area contributed by atoms with Gasteiger partial charge in [0.15, 0.2) is 0 Å². The zero-order valence-electron chi connectivity index (χ0n) is 9.13. The Kier molecular flexibility index (Phi) is 1.61. The zero-order chi connectivity index (χ0) is 11.2. The minimum absolute atomic E-state index is 0.581. The van der Waals surface area contributed by atoms with Crippen molar-refractivity contribution in [1.82, 2.24) is 9.38 Å². The molecular formula is C14H10N2O. The molecule has 0 radical (unpaired) electrons. The van der Waals surface area contributed by atoms with Crippen LogP contribution in [-0.4, -0.2) is 9.38 Å². The van der Waals surface area contributed by atoms with Gasteiger partial charge in [0.1, 0.15) is 18.0 Å². The van der Waals surface area contributed by atoms with Gasteiger partial charge in [-0.15, -0.1) is 0 Å². The van der Waals surface area contributed by atoms with Gasteiger partial charge < -0.3 is 4.74 Å². The maximum atomic E-state index is 5.76. The summed E-state index contributed by atoms with van der Waals surface area (Å²) in [6, 6.07) is 14.1. The highest BCUT2D eigenvalue weighted by molar-refractivity contribution is 5.73. The molecule has 0 fully saturated rings. The molecule has 0 amide bonds. The molecule has 3 aromatic rings. The summed E-state index contributed by atoms with van der Waals surface area (Å²) in [5, 5.41) is 0. The van der Waals surface area contributed by atoms with E-state index in [0.717, 1.165) is 28.3 Å². The second kappa shape index (κ2) is 3.10. The van der Waals surface area contributed by atoms with Crippen LogP contribution in [0.3, 0.4) is 0 Å². The van der Waals surface area contributed by atoms with Gasteiger partial charge in [-0.05, 0) is 24.3 Å². The molecule has 0 atom stereocenters. The lowest BCUT2D eigenvalue weighted by Crippen LogP contribution is -2.06. The van der Waals surface area contributed by atoms with E-state index in [9.17, 15) is 0 Å². The van der Waals surface area contributed by atoms with Crippen LogP contribution in [0.25, 0.3) is 16.9 Å². The second-order valence-corrected chi connectivity index (χ2v) is 4.12. The summed E-state index contributed by atoms with van der Waals surface area (Å²) >= 11 is 0. The third-order valence-corrected chi connectivity index (χ3v) is 3.14. The molecule has 17 heavy (non-hydrogen) atoms. The summed E-state index contributed by atoms with van der Waals surface area (Å²) < 4.78 is 7.84. The lowest BCUT2D eigenvalue weighted by Gasteiger charge is -2.16. The molecule has 1 aliphatic heterocycles. The van der Waals surface area contributed by atoms with Gasteiger partial charge in [-0.1, -0.05) is 18.2 Å². The van der Waals surface area contributed by atoms with E-state index in [4.69, 9.17) is 4.74 Å². The van der Waals surface area contributed by atoms with Crippen LogP contribution in [0.4, 0.5) is 0 Å². The number of fused-ring (bicyclic) bond motifs is 5. The Balaban J connectivity index is 2.10. The molecule has 0 saturated carbocycles. The van der Waals surface area contributed by atoms with E-state index in [1.54, 1.807) is 0 Å². The quantitative estimate of drug-likeness (QED) is 0.584. The predicted octanol–water partition coefficient (Wildman–Crippen LogP) is 2.89. The molecule has 0 aliphatic carbocycles. The first kappa shape index (κ1) is 8.82. The van der Waals surface area contributed by atoms with Gasteiger partial charge in [-0.3, -0.25) is 4.40 Å². The molecule has 0 bridgehead atoms. The second-order valence-electron chi connectivity index (χ2n) is 4.12. The average Bonchev–Trinajstić information content (AvgIpc) is 2.78. The third kappa shape index (κ3) is 1.13. The molecule has 1 aromatic carbocycles. The fourth-order valence-corrected chi connectivity index (χ4v) is 2.33. The molecule has 3 heteroatoms. The molecule has 0 unspecified atom stereocenters. The summed E-state index contributed by atoms with van der Waals surface area (Å²) in [4.78, 5) is 4.68. The Bertz CT molecular complexity index is 715. The molecule has 0 saturated heterocycles. The molecule has 1 aliphatic rings. The van der Waals surface area contributed by atoms with Gasteiger partial charge in [0, 0.05) is 11.8 Å². The van der Waals surface area contributed by atoms with E-state index in [1.807, 2.05) is 42.6 Å². The first-order chi connectivity index (χ1) is 8.43. The first-order valence-electron chi connectivity index (χ1n) is 5.62. The SMILES string of the molecule is c1ccc2c(c1)OCc1c-2nc2ccccn12. The number of ether oxygens (including phenoxy) is 1. The van der Waals surface area contributed by atoms with Crippen molar-refractivity contribution in [3.8, 4) is 17.0 Å². The van der Waals surface area contributed by atoms with Crippen molar-refractivity contribution in [3.05, 3.63) is 54.4 Å². The number of benzene rings is 1.